The zero-order chi connectivity index (χ0) is 14.7. The van der Waals surface area contributed by atoms with Crippen LogP contribution in [0.15, 0.2) is 35.7 Å². The smallest absolute Gasteiger partial charge is 0.0336 e. The minimum absolute atomic E-state index is 0.413. The van der Waals surface area contributed by atoms with Crippen molar-refractivity contribution in [1.82, 2.24) is 5.32 Å². The fraction of sp³-hybridized carbons (Fsp3) is 0.474. The molecule has 1 heterocycles. The van der Waals surface area contributed by atoms with E-state index in [9.17, 15) is 0 Å². The number of thiophene rings is 1. The van der Waals surface area contributed by atoms with E-state index in [2.05, 4.69) is 54.9 Å². The van der Waals surface area contributed by atoms with Crippen LogP contribution >= 0.6 is 11.3 Å². The Morgan fingerprint density at radius 2 is 2.05 bits per heavy atom. The van der Waals surface area contributed by atoms with E-state index in [-0.39, 0.29) is 0 Å². The lowest BCUT2D eigenvalue weighted by Gasteiger charge is -2.27. The highest BCUT2D eigenvalue weighted by molar-refractivity contribution is 7.10. The van der Waals surface area contributed by atoms with Crippen LogP contribution in [0.25, 0.3) is 0 Å². The fourth-order valence-corrected chi connectivity index (χ4v) is 4.31. The summed E-state index contributed by atoms with van der Waals surface area (Å²) in [5.41, 5.74) is 4.39. The molecule has 3 rings (SSSR count). The third-order valence-corrected chi connectivity index (χ3v) is 5.52. The van der Waals surface area contributed by atoms with Crippen molar-refractivity contribution >= 4 is 11.3 Å². The highest BCUT2D eigenvalue weighted by atomic mass is 32.1. The largest absolute Gasteiger partial charge is 0.303 e. The molecule has 21 heavy (non-hydrogen) atoms. The second kappa shape index (κ2) is 6.76. The van der Waals surface area contributed by atoms with Crippen molar-refractivity contribution in [3.05, 3.63) is 57.3 Å². The highest BCUT2D eigenvalue weighted by Crippen LogP contribution is 2.34. The van der Waals surface area contributed by atoms with E-state index in [0.29, 0.717) is 12.1 Å². The zero-order valence-electron chi connectivity index (χ0n) is 13.1. The number of hydrogen-bond donors (Lipinski definition) is 1. The second-order valence-corrected chi connectivity index (χ2v) is 7.12. The fourth-order valence-electron chi connectivity index (χ4n) is 3.32. The highest BCUT2D eigenvalue weighted by Gasteiger charge is 2.22. The summed E-state index contributed by atoms with van der Waals surface area (Å²) < 4.78 is 0. The maximum absolute atomic E-state index is 3.84. The first-order valence-corrected chi connectivity index (χ1v) is 9.07. The third kappa shape index (κ3) is 3.38. The zero-order valence-corrected chi connectivity index (χ0v) is 13.9. The van der Waals surface area contributed by atoms with Crippen molar-refractivity contribution < 1.29 is 0 Å². The lowest BCUT2D eigenvalue weighted by molar-refractivity contribution is 0.418. The Morgan fingerprint density at radius 3 is 2.81 bits per heavy atom. The van der Waals surface area contributed by atoms with Gasteiger partial charge in [-0.3, -0.25) is 0 Å². The summed E-state index contributed by atoms with van der Waals surface area (Å²) >= 11 is 1.92. The number of aryl methyl sites for hydroxylation is 2. The summed E-state index contributed by atoms with van der Waals surface area (Å²) in [6.45, 7) is 4.52. The summed E-state index contributed by atoms with van der Waals surface area (Å²) in [4.78, 5) is 1.59. The molecular formula is C19H25NS. The summed E-state index contributed by atoms with van der Waals surface area (Å²) in [5, 5.41) is 6.08. The molecule has 0 aliphatic heterocycles. The van der Waals surface area contributed by atoms with Crippen LogP contribution in [0.2, 0.25) is 0 Å². The van der Waals surface area contributed by atoms with E-state index in [1.54, 1.807) is 10.4 Å². The minimum atomic E-state index is 0.413. The van der Waals surface area contributed by atoms with Crippen LogP contribution < -0.4 is 5.32 Å². The van der Waals surface area contributed by atoms with Gasteiger partial charge in [0.15, 0.2) is 0 Å². The molecule has 0 radical (unpaired) electrons. The number of hydrogen-bond acceptors (Lipinski definition) is 2. The Labute approximate surface area is 132 Å². The normalized spacial score (nSPS) is 19.2. The first-order chi connectivity index (χ1) is 10.3. The lowest BCUT2D eigenvalue weighted by atomic mass is 9.92. The summed E-state index contributed by atoms with van der Waals surface area (Å²) in [5.74, 6) is 0. The van der Waals surface area contributed by atoms with Crippen molar-refractivity contribution in [3.63, 3.8) is 0 Å². The van der Waals surface area contributed by atoms with Crippen LogP contribution in [0, 0.1) is 0 Å². The van der Waals surface area contributed by atoms with Gasteiger partial charge in [0, 0.05) is 17.0 Å². The number of nitrogens with one attached hydrogen (secondary N) is 1. The third-order valence-electron chi connectivity index (χ3n) is 4.52. The Bertz CT molecular complexity index is 570. The van der Waals surface area contributed by atoms with Gasteiger partial charge in [0.2, 0.25) is 0 Å². The SMILES string of the molecule is CCCc1ccc(C(C)NC2CCCc3sccc32)cc1. The molecule has 0 spiro atoms. The summed E-state index contributed by atoms with van der Waals surface area (Å²) in [6.07, 6.45) is 6.25. The van der Waals surface area contributed by atoms with Crippen molar-refractivity contribution in [1.29, 1.82) is 0 Å². The van der Waals surface area contributed by atoms with Crippen LogP contribution in [0.3, 0.4) is 0 Å². The van der Waals surface area contributed by atoms with Gasteiger partial charge < -0.3 is 5.32 Å². The van der Waals surface area contributed by atoms with E-state index < -0.39 is 0 Å². The van der Waals surface area contributed by atoms with Gasteiger partial charge in [-0.1, -0.05) is 37.6 Å². The van der Waals surface area contributed by atoms with Crippen molar-refractivity contribution in [2.24, 2.45) is 0 Å². The van der Waals surface area contributed by atoms with E-state index in [1.165, 1.54) is 43.2 Å². The Hall–Kier alpha value is -1.12. The summed E-state index contributed by atoms with van der Waals surface area (Å²) in [7, 11) is 0. The Morgan fingerprint density at radius 1 is 1.24 bits per heavy atom. The first kappa shape index (κ1) is 14.8. The predicted octanol–water partition coefficient (Wildman–Crippen LogP) is 5.43. The molecule has 2 unspecified atom stereocenters. The first-order valence-electron chi connectivity index (χ1n) is 8.19. The maximum Gasteiger partial charge on any atom is 0.0336 e. The van der Waals surface area contributed by atoms with Crippen LogP contribution in [-0.2, 0) is 12.8 Å². The number of rotatable bonds is 5. The predicted molar refractivity (Wildman–Crippen MR) is 92.0 cm³/mol. The average molecular weight is 299 g/mol. The van der Waals surface area contributed by atoms with Gasteiger partial charge in [0.1, 0.15) is 0 Å². The standard InChI is InChI=1S/C19H25NS/c1-3-5-15-8-10-16(11-9-15)14(2)20-18-6-4-7-19-17(18)12-13-21-19/h8-14,18,20H,3-7H2,1-2H3. The topological polar surface area (TPSA) is 12.0 Å². The van der Waals surface area contributed by atoms with Gasteiger partial charge in [-0.05, 0) is 60.7 Å². The Kier molecular flexibility index (Phi) is 4.77. The van der Waals surface area contributed by atoms with Gasteiger partial charge in [0.05, 0.1) is 0 Å². The molecule has 2 atom stereocenters. The van der Waals surface area contributed by atoms with Crippen molar-refractivity contribution in [2.75, 3.05) is 0 Å². The Balaban J connectivity index is 1.68. The van der Waals surface area contributed by atoms with Crippen LogP contribution in [0.1, 0.15) is 66.8 Å². The van der Waals surface area contributed by atoms with Gasteiger partial charge in [-0.15, -0.1) is 11.3 Å². The van der Waals surface area contributed by atoms with E-state index in [1.807, 2.05) is 11.3 Å². The van der Waals surface area contributed by atoms with E-state index >= 15 is 0 Å². The molecule has 2 heteroatoms. The molecular weight excluding hydrogens is 274 g/mol. The number of fused-ring (bicyclic) bond motifs is 1. The number of benzene rings is 1. The molecule has 0 saturated carbocycles. The van der Waals surface area contributed by atoms with Crippen LogP contribution in [-0.4, -0.2) is 0 Å². The van der Waals surface area contributed by atoms with Crippen molar-refractivity contribution in [2.45, 2.75) is 58.0 Å². The molecule has 0 fully saturated rings. The molecule has 1 N–H and O–H groups in total. The monoisotopic (exact) mass is 299 g/mol. The lowest BCUT2D eigenvalue weighted by Crippen LogP contribution is -2.27. The molecule has 1 aliphatic carbocycles. The van der Waals surface area contributed by atoms with Crippen LogP contribution in [0.5, 0.6) is 0 Å². The molecule has 1 aromatic carbocycles. The molecule has 112 valence electrons. The van der Waals surface area contributed by atoms with E-state index in [0.717, 1.165) is 0 Å². The van der Waals surface area contributed by atoms with Crippen LogP contribution in [0.4, 0.5) is 0 Å². The van der Waals surface area contributed by atoms with Gasteiger partial charge >= 0.3 is 0 Å². The van der Waals surface area contributed by atoms with E-state index in [4.69, 9.17) is 0 Å². The molecule has 0 bridgehead atoms. The quantitative estimate of drug-likeness (QED) is 0.776. The summed E-state index contributed by atoms with van der Waals surface area (Å²) in [6, 6.07) is 12.4. The molecule has 0 amide bonds. The minimum Gasteiger partial charge on any atom is -0.303 e. The average Bonchev–Trinajstić information content (AvgIpc) is 2.98. The molecule has 1 aromatic heterocycles. The second-order valence-electron chi connectivity index (χ2n) is 6.12. The van der Waals surface area contributed by atoms with Gasteiger partial charge in [0.25, 0.3) is 0 Å². The van der Waals surface area contributed by atoms with Gasteiger partial charge in [-0.25, -0.2) is 0 Å². The molecule has 0 saturated heterocycles. The maximum atomic E-state index is 3.84. The molecule has 1 aliphatic rings. The van der Waals surface area contributed by atoms with Crippen molar-refractivity contribution in [3.8, 4) is 0 Å². The molecule has 1 nitrogen and oxygen atoms in total. The molecule has 2 aromatic rings. The van der Waals surface area contributed by atoms with Gasteiger partial charge in [-0.2, -0.15) is 0 Å².